The zero-order chi connectivity index (χ0) is 11.3. The molecule has 0 saturated carbocycles. The first-order valence-corrected chi connectivity index (χ1v) is 5.71. The molecule has 15 heavy (non-hydrogen) atoms. The van der Waals surface area contributed by atoms with Crippen molar-refractivity contribution in [1.82, 2.24) is 4.90 Å². The number of methoxy groups -OCH3 is 1. The average molecular weight is 214 g/mol. The van der Waals surface area contributed by atoms with Gasteiger partial charge in [-0.05, 0) is 26.2 Å². The predicted molar refractivity (Wildman–Crippen MR) is 59.5 cm³/mol. The Morgan fingerprint density at radius 2 is 2.40 bits per heavy atom. The third kappa shape index (κ3) is 3.47. The van der Waals surface area contributed by atoms with Gasteiger partial charge < -0.3 is 15.4 Å². The van der Waals surface area contributed by atoms with Crippen molar-refractivity contribution in [2.75, 3.05) is 20.2 Å². The summed E-state index contributed by atoms with van der Waals surface area (Å²) in [6.45, 7) is 3.45. The summed E-state index contributed by atoms with van der Waals surface area (Å²) >= 11 is 0. The van der Waals surface area contributed by atoms with Crippen LogP contribution in [-0.2, 0) is 9.53 Å². The van der Waals surface area contributed by atoms with Crippen LogP contribution in [0.25, 0.3) is 0 Å². The molecule has 1 aliphatic heterocycles. The Balaban J connectivity index is 2.33. The maximum atomic E-state index is 11.8. The van der Waals surface area contributed by atoms with E-state index < -0.39 is 0 Å². The minimum Gasteiger partial charge on any atom is -0.382 e. The van der Waals surface area contributed by atoms with Gasteiger partial charge in [0.1, 0.15) is 0 Å². The molecule has 88 valence electrons. The summed E-state index contributed by atoms with van der Waals surface area (Å²) in [5.74, 6) is 0.229. The van der Waals surface area contributed by atoms with Gasteiger partial charge in [0.05, 0.1) is 6.10 Å². The molecule has 1 heterocycles. The minimum atomic E-state index is 0.160. The molecule has 0 spiro atoms. The number of carbonyl (C=O) groups is 1. The number of hydrogen-bond acceptors (Lipinski definition) is 3. The molecule has 1 aliphatic rings. The van der Waals surface area contributed by atoms with Crippen LogP contribution in [-0.4, -0.2) is 43.2 Å². The highest BCUT2D eigenvalue weighted by Gasteiger charge is 2.27. The zero-order valence-electron chi connectivity index (χ0n) is 9.74. The lowest BCUT2D eigenvalue weighted by Gasteiger charge is -2.24. The number of hydrogen-bond donors (Lipinski definition) is 1. The van der Waals surface area contributed by atoms with Crippen LogP contribution in [0, 0.1) is 0 Å². The topological polar surface area (TPSA) is 55.6 Å². The normalized spacial score (nSPS) is 23.1. The number of carbonyl (C=O) groups excluding carboxylic acids is 1. The second-order valence-corrected chi connectivity index (χ2v) is 4.20. The fourth-order valence-electron chi connectivity index (χ4n) is 2.00. The molecule has 0 aromatic rings. The number of likely N-dealkylation sites (tertiary alicyclic amines) is 1. The molecule has 1 amide bonds. The number of rotatable bonds is 5. The standard InChI is InChI=1S/C11H22N2O2/c1-9(15-2)5-6-11(14)13-7-3-4-10(13)8-12/h9-10H,3-8,12H2,1-2H3. The fourth-order valence-corrected chi connectivity index (χ4v) is 2.00. The molecule has 0 bridgehead atoms. The van der Waals surface area contributed by atoms with E-state index in [9.17, 15) is 4.79 Å². The molecule has 1 saturated heterocycles. The molecular weight excluding hydrogens is 192 g/mol. The van der Waals surface area contributed by atoms with E-state index >= 15 is 0 Å². The van der Waals surface area contributed by atoms with Crippen LogP contribution >= 0.6 is 0 Å². The molecule has 1 fully saturated rings. The molecule has 0 aromatic heterocycles. The summed E-state index contributed by atoms with van der Waals surface area (Å²) in [6.07, 6.45) is 3.68. The summed E-state index contributed by atoms with van der Waals surface area (Å²) < 4.78 is 5.12. The van der Waals surface area contributed by atoms with Gasteiger partial charge in [-0.3, -0.25) is 4.79 Å². The molecule has 2 unspecified atom stereocenters. The largest absolute Gasteiger partial charge is 0.382 e. The quantitative estimate of drug-likeness (QED) is 0.735. The van der Waals surface area contributed by atoms with E-state index in [1.54, 1.807) is 7.11 Å². The summed E-state index contributed by atoms with van der Waals surface area (Å²) in [5.41, 5.74) is 5.63. The van der Waals surface area contributed by atoms with Gasteiger partial charge in [0, 0.05) is 32.7 Å². The molecule has 4 heteroatoms. The molecule has 2 atom stereocenters. The smallest absolute Gasteiger partial charge is 0.222 e. The van der Waals surface area contributed by atoms with Gasteiger partial charge in [-0.2, -0.15) is 0 Å². The monoisotopic (exact) mass is 214 g/mol. The van der Waals surface area contributed by atoms with Crippen molar-refractivity contribution in [3.8, 4) is 0 Å². The Morgan fingerprint density at radius 3 is 3.00 bits per heavy atom. The Hall–Kier alpha value is -0.610. The molecule has 2 N–H and O–H groups in total. The van der Waals surface area contributed by atoms with E-state index in [1.807, 2.05) is 11.8 Å². The third-order valence-electron chi connectivity index (χ3n) is 3.14. The summed E-state index contributed by atoms with van der Waals surface area (Å²) in [5, 5.41) is 0. The van der Waals surface area contributed by atoms with Crippen LogP contribution < -0.4 is 5.73 Å². The van der Waals surface area contributed by atoms with E-state index in [0.29, 0.717) is 13.0 Å². The van der Waals surface area contributed by atoms with E-state index in [4.69, 9.17) is 10.5 Å². The van der Waals surface area contributed by atoms with Crippen molar-refractivity contribution < 1.29 is 9.53 Å². The van der Waals surface area contributed by atoms with Crippen LogP contribution in [0.4, 0.5) is 0 Å². The van der Waals surface area contributed by atoms with E-state index in [1.165, 1.54) is 0 Å². The molecule has 4 nitrogen and oxygen atoms in total. The van der Waals surface area contributed by atoms with Gasteiger partial charge in [-0.1, -0.05) is 0 Å². The highest BCUT2D eigenvalue weighted by atomic mass is 16.5. The predicted octanol–water partition coefficient (Wildman–Crippen LogP) is 0.751. The fraction of sp³-hybridized carbons (Fsp3) is 0.909. The van der Waals surface area contributed by atoms with E-state index in [2.05, 4.69) is 0 Å². The van der Waals surface area contributed by atoms with Crippen molar-refractivity contribution in [1.29, 1.82) is 0 Å². The lowest BCUT2D eigenvalue weighted by molar-refractivity contribution is -0.132. The second-order valence-electron chi connectivity index (χ2n) is 4.20. The van der Waals surface area contributed by atoms with Crippen molar-refractivity contribution >= 4 is 5.91 Å². The van der Waals surface area contributed by atoms with E-state index in [0.717, 1.165) is 25.8 Å². The maximum absolute atomic E-state index is 11.8. The minimum absolute atomic E-state index is 0.160. The highest BCUT2D eigenvalue weighted by Crippen LogP contribution is 2.18. The second kappa shape index (κ2) is 6.08. The molecule has 0 radical (unpaired) electrons. The maximum Gasteiger partial charge on any atom is 0.222 e. The summed E-state index contributed by atoms with van der Waals surface area (Å²) in [6, 6.07) is 0.273. The van der Waals surface area contributed by atoms with Crippen LogP contribution in [0.3, 0.4) is 0 Å². The number of amides is 1. The van der Waals surface area contributed by atoms with Crippen molar-refractivity contribution in [3.63, 3.8) is 0 Å². The van der Waals surface area contributed by atoms with Gasteiger partial charge in [0.2, 0.25) is 5.91 Å². The highest BCUT2D eigenvalue weighted by molar-refractivity contribution is 5.76. The van der Waals surface area contributed by atoms with Gasteiger partial charge in [0.25, 0.3) is 0 Å². The number of nitrogens with two attached hydrogens (primary N) is 1. The van der Waals surface area contributed by atoms with Crippen molar-refractivity contribution in [2.24, 2.45) is 5.73 Å². The Kier molecular flexibility index (Phi) is 5.05. The first-order chi connectivity index (χ1) is 7.19. The number of nitrogens with zero attached hydrogens (tertiary/aromatic N) is 1. The molecular formula is C11H22N2O2. The SMILES string of the molecule is COC(C)CCC(=O)N1CCCC1CN. The molecule has 0 aliphatic carbocycles. The van der Waals surface area contributed by atoms with Crippen LogP contribution in [0.2, 0.25) is 0 Å². The molecule has 1 rings (SSSR count). The van der Waals surface area contributed by atoms with Crippen LogP contribution in [0.5, 0.6) is 0 Å². The molecule has 0 aromatic carbocycles. The first kappa shape index (κ1) is 12.5. The average Bonchev–Trinajstić information content (AvgIpc) is 2.73. The summed E-state index contributed by atoms with van der Waals surface area (Å²) in [4.78, 5) is 13.8. The third-order valence-corrected chi connectivity index (χ3v) is 3.14. The number of ether oxygens (including phenoxy) is 1. The lowest BCUT2D eigenvalue weighted by Crippen LogP contribution is -2.40. The zero-order valence-corrected chi connectivity index (χ0v) is 9.74. The van der Waals surface area contributed by atoms with Crippen molar-refractivity contribution in [3.05, 3.63) is 0 Å². The van der Waals surface area contributed by atoms with Crippen molar-refractivity contribution in [2.45, 2.75) is 44.8 Å². The Morgan fingerprint density at radius 1 is 1.67 bits per heavy atom. The van der Waals surface area contributed by atoms with Crippen LogP contribution in [0.15, 0.2) is 0 Å². The van der Waals surface area contributed by atoms with Gasteiger partial charge in [0.15, 0.2) is 0 Å². The Bertz CT molecular complexity index is 209. The first-order valence-electron chi connectivity index (χ1n) is 5.71. The van der Waals surface area contributed by atoms with Gasteiger partial charge >= 0.3 is 0 Å². The Labute approximate surface area is 91.8 Å². The van der Waals surface area contributed by atoms with Crippen LogP contribution in [0.1, 0.15) is 32.6 Å². The van der Waals surface area contributed by atoms with E-state index in [-0.39, 0.29) is 18.1 Å². The lowest BCUT2D eigenvalue weighted by atomic mass is 10.2. The van der Waals surface area contributed by atoms with Gasteiger partial charge in [-0.15, -0.1) is 0 Å². The van der Waals surface area contributed by atoms with Gasteiger partial charge in [-0.25, -0.2) is 0 Å². The summed E-state index contributed by atoms with van der Waals surface area (Å²) in [7, 11) is 1.67.